The van der Waals surface area contributed by atoms with Gasteiger partial charge in [0.25, 0.3) is 0 Å². The number of hydrogen-bond acceptors (Lipinski definition) is 3. The van der Waals surface area contributed by atoms with Gasteiger partial charge in [0.2, 0.25) is 5.91 Å². The standard InChI is InChI=1S/C13H15NO3S/c1-9-2-3-11(18-9)4-5-12(15)14-7-6-10(8-14)13(16)17/h2-5,10H,6-8H2,1H3,(H,16,17). The molecule has 1 N–H and O–H groups in total. The van der Waals surface area contributed by atoms with Crippen LogP contribution in [0.2, 0.25) is 0 Å². The number of carboxylic acid groups (broad SMARTS) is 1. The molecule has 1 aromatic rings. The fourth-order valence-electron chi connectivity index (χ4n) is 1.96. The van der Waals surface area contributed by atoms with Gasteiger partial charge in [-0.05, 0) is 31.6 Å². The van der Waals surface area contributed by atoms with Crippen molar-refractivity contribution in [3.8, 4) is 0 Å². The summed E-state index contributed by atoms with van der Waals surface area (Å²) in [4.78, 5) is 26.5. The van der Waals surface area contributed by atoms with Crippen LogP contribution in [0.4, 0.5) is 0 Å². The number of aryl methyl sites for hydroxylation is 1. The van der Waals surface area contributed by atoms with Crippen molar-refractivity contribution in [1.29, 1.82) is 0 Å². The Bertz CT molecular complexity index is 492. The van der Waals surface area contributed by atoms with E-state index < -0.39 is 11.9 Å². The van der Waals surface area contributed by atoms with E-state index in [1.807, 2.05) is 19.1 Å². The third-order valence-electron chi connectivity index (χ3n) is 3.00. The van der Waals surface area contributed by atoms with Gasteiger partial charge in [-0.1, -0.05) is 0 Å². The van der Waals surface area contributed by atoms with Crippen LogP contribution in [0.5, 0.6) is 0 Å². The highest BCUT2D eigenvalue weighted by atomic mass is 32.1. The molecule has 2 heterocycles. The normalized spacial score (nSPS) is 19.6. The molecule has 1 amide bonds. The Morgan fingerprint density at radius 3 is 2.83 bits per heavy atom. The van der Waals surface area contributed by atoms with Gasteiger partial charge >= 0.3 is 5.97 Å². The van der Waals surface area contributed by atoms with Gasteiger partial charge in [0.1, 0.15) is 0 Å². The van der Waals surface area contributed by atoms with E-state index in [0.29, 0.717) is 19.5 Å². The molecular formula is C13H15NO3S. The lowest BCUT2D eigenvalue weighted by atomic mass is 10.1. The summed E-state index contributed by atoms with van der Waals surface area (Å²) in [5.74, 6) is -1.33. The third kappa shape index (κ3) is 2.98. The van der Waals surface area contributed by atoms with Crippen molar-refractivity contribution in [2.75, 3.05) is 13.1 Å². The monoisotopic (exact) mass is 265 g/mol. The molecule has 1 atom stereocenters. The maximum absolute atomic E-state index is 11.8. The zero-order valence-electron chi connectivity index (χ0n) is 10.1. The van der Waals surface area contributed by atoms with E-state index in [2.05, 4.69) is 0 Å². The SMILES string of the molecule is Cc1ccc(C=CC(=O)N2CCC(C(=O)O)C2)s1. The van der Waals surface area contributed by atoms with Gasteiger partial charge in [-0.3, -0.25) is 9.59 Å². The number of aliphatic carboxylic acids is 1. The minimum Gasteiger partial charge on any atom is -0.481 e. The van der Waals surface area contributed by atoms with E-state index in [-0.39, 0.29) is 5.91 Å². The second-order valence-electron chi connectivity index (χ2n) is 4.39. The van der Waals surface area contributed by atoms with Crippen LogP contribution in [0.15, 0.2) is 18.2 Å². The van der Waals surface area contributed by atoms with Crippen molar-refractivity contribution in [2.24, 2.45) is 5.92 Å². The van der Waals surface area contributed by atoms with Crippen molar-refractivity contribution in [2.45, 2.75) is 13.3 Å². The summed E-state index contributed by atoms with van der Waals surface area (Å²) in [5.41, 5.74) is 0. The summed E-state index contributed by atoms with van der Waals surface area (Å²) in [6.07, 6.45) is 3.86. The number of hydrogen-bond donors (Lipinski definition) is 1. The molecule has 1 saturated heterocycles. The fraction of sp³-hybridized carbons (Fsp3) is 0.385. The number of amides is 1. The maximum atomic E-state index is 11.8. The Labute approximate surface area is 110 Å². The van der Waals surface area contributed by atoms with E-state index in [4.69, 9.17) is 5.11 Å². The van der Waals surface area contributed by atoms with Gasteiger partial charge in [-0.25, -0.2) is 0 Å². The summed E-state index contributed by atoms with van der Waals surface area (Å²) in [5, 5.41) is 8.87. The van der Waals surface area contributed by atoms with Gasteiger partial charge in [0.15, 0.2) is 0 Å². The van der Waals surface area contributed by atoms with Crippen molar-refractivity contribution in [1.82, 2.24) is 4.90 Å². The molecule has 96 valence electrons. The van der Waals surface area contributed by atoms with Crippen molar-refractivity contribution >= 4 is 29.3 Å². The average molecular weight is 265 g/mol. The summed E-state index contributed by atoms with van der Waals surface area (Å²) in [7, 11) is 0. The molecule has 2 rings (SSSR count). The molecule has 0 aliphatic carbocycles. The van der Waals surface area contributed by atoms with E-state index in [1.165, 1.54) is 11.0 Å². The zero-order valence-corrected chi connectivity index (χ0v) is 10.9. The quantitative estimate of drug-likeness (QED) is 0.850. The predicted molar refractivity (Wildman–Crippen MR) is 70.4 cm³/mol. The first-order chi connectivity index (χ1) is 8.56. The Morgan fingerprint density at radius 1 is 1.50 bits per heavy atom. The van der Waals surface area contributed by atoms with Gasteiger partial charge in [-0.2, -0.15) is 0 Å². The number of carbonyl (C=O) groups excluding carboxylic acids is 1. The second-order valence-corrected chi connectivity index (χ2v) is 5.71. The summed E-state index contributed by atoms with van der Waals surface area (Å²) in [6.45, 7) is 2.87. The summed E-state index contributed by atoms with van der Waals surface area (Å²) >= 11 is 1.63. The van der Waals surface area contributed by atoms with Crippen molar-refractivity contribution in [3.63, 3.8) is 0 Å². The van der Waals surface area contributed by atoms with Crippen LogP contribution < -0.4 is 0 Å². The van der Waals surface area contributed by atoms with Gasteiger partial charge in [0.05, 0.1) is 5.92 Å². The molecule has 0 saturated carbocycles. The Kier molecular flexibility index (Phi) is 3.81. The maximum Gasteiger partial charge on any atom is 0.308 e. The topological polar surface area (TPSA) is 57.6 Å². The van der Waals surface area contributed by atoms with Gasteiger partial charge < -0.3 is 10.0 Å². The van der Waals surface area contributed by atoms with Crippen LogP contribution in [0.3, 0.4) is 0 Å². The van der Waals surface area contributed by atoms with Crippen LogP contribution in [-0.4, -0.2) is 35.0 Å². The minimum atomic E-state index is -0.817. The highest BCUT2D eigenvalue weighted by Crippen LogP contribution is 2.19. The number of carbonyl (C=O) groups is 2. The van der Waals surface area contributed by atoms with Crippen LogP contribution in [0, 0.1) is 12.8 Å². The molecule has 1 aliphatic heterocycles. The molecule has 1 aromatic heterocycles. The first-order valence-electron chi connectivity index (χ1n) is 5.82. The molecule has 0 aromatic carbocycles. The number of rotatable bonds is 3. The molecule has 0 bridgehead atoms. The zero-order chi connectivity index (χ0) is 13.1. The molecular weight excluding hydrogens is 250 g/mol. The molecule has 5 heteroatoms. The lowest BCUT2D eigenvalue weighted by molar-refractivity contribution is -0.141. The summed E-state index contributed by atoms with van der Waals surface area (Å²) in [6, 6.07) is 3.97. The number of thiophene rings is 1. The van der Waals surface area contributed by atoms with Crippen LogP contribution in [0.1, 0.15) is 16.2 Å². The lowest BCUT2D eigenvalue weighted by Gasteiger charge is -2.12. The van der Waals surface area contributed by atoms with Gasteiger partial charge in [0, 0.05) is 28.9 Å². The Morgan fingerprint density at radius 2 is 2.28 bits per heavy atom. The highest BCUT2D eigenvalue weighted by molar-refractivity contribution is 7.12. The Balaban J connectivity index is 1.93. The molecule has 0 spiro atoms. The number of carboxylic acids is 1. The van der Waals surface area contributed by atoms with Crippen LogP contribution >= 0.6 is 11.3 Å². The first kappa shape index (κ1) is 12.8. The molecule has 18 heavy (non-hydrogen) atoms. The van der Waals surface area contributed by atoms with E-state index in [1.54, 1.807) is 22.3 Å². The second kappa shape index (κ2) is 5.35. The van der Waals surface area contributed by atoms with Crippen molar-refractivity contribution < 1.29 is 14.7 Å². The smallest absolute Gasteiger partial charge is 0.308 e. The van der Waals surface area contributed by atoms with Crippen LogP contribution in [-0.2, 0) is 9.59 Å². The lowest BCUT2D eigenvalue weighted by Crippen LogP contribution is -2.28. The fourth-order valence-corrected chi connectivity index (χ4v) is 2.74. The van der Waals surface area contributed by atoms with Crippen LogP contribution in [0.25, 0.3) is 6.08 Å². The van der Waals surface area contributed by atoms with E-state index >= 15 is 0 Å². The highest BCUT2D eigenvalue weighted by Gasteiger charge is 2.29. The number of nitrogens with zero attached hydrogens (tertiary/aromatic N) is 1. The molecule has 1 aliphatic rings. The van der Waals surface area contributed by atoms with E-state index in [0.717, 1.165) is 4.88 Å². The third-order valence-corrected chi connectivity index (χ3v) is 3.97. The average Bonchev–Trinajstić information content (AvgIpc) is 2.94. The van der Waals surface area contributed by atoms with Crippen molar-refractivity contribution in [3.05, 3.63) is 28.0 Å². The molecule has 0 radical (unpaired) electrons. The first-order valence-corrected chi connectivity index (χ1v) is 6.64. The largest absolute Gasteiger partial charge is 0.481 e. The Hall–Kier alpha value is -1.62. The predicted octanol–water partition coefficient (Wildman–Crippen LogP) is 2.00. The molecule has 1 unspecified atom stereocenters. The number of likely N-dealkylation sites (tertiary alicyclic amines) is 1. The molecule has 4 nitrogen and oxygen atoms in total. The van der Waals surface area contributed by atoms with Gasteiger partial charge in [-0.15, -0.1) is 11.3 Å². The minimum absolute atomic E-state index is 0.107. The summed E-state index contributed by atoms with van der Waals surface area (Å²) < 4.78 is 0. The molecule has 1 fully saturated rings. The van der Waals surface area contributed by atoms with E-state index in [9.17, 15) is 9.59 Å².